The molecule has 3 fully saturated rings. The van der Waals surface area contributed by atoms with Gasteiger partial charge in [-0.1, -0.05) is 29.8 Å². The maximum absolute atomic E-state index is 14.0. The van der Waals surface area contributed by atoms with E-state index < -0.39 is 41.5 Å². The van der Waals surface area contributed by atoms with Crippen molar-refractivity contribution < 1.29 is 37.0 Å². The molecule has 6 rings (SSSR count). The van der Waals surface area contributed by atoms with Crippen molar-refractivity contribution in [2.45, 2.75) is 62.8 Å². The number of ether oxygens (including phenoxy) is 2. The monoisotopic (exact) mass is 705 g/mol. The highest BCUT2D eigenvalue weighted by Crippen LogP contribution is 2.44. The van der Waals surface area contributed by atoms with Crippen LogP contribution in [0.4, 0.5) is 34.1 Å². The summed E-state index contributed by atoms with van der Waals surface area (Å²) >= 11 is 6.28. The van der Waals surface area contributed by atoms with Crippen LogP contribution in [0.25, 0.3) is 0 Å². The average Bonchev–Trinajstić information content (AvgIpc) is 3.07. The highest BCUT2D eigenvalue weighted by molar-refractivity contribution is 6.33. The van der Waals surface area contributed by atoms with Gasteiger partial charge in [0.2, 0.25) is 0 Å². The van der Waals surface area contributed by atoms with E-state index in [0.29, 0.717) is 43.5 Å². The Bertz CT molecular complexity index is 1550. The molecule has 2 aromatic carbocycles. The molecular weight excluding hydrogens is 663 g/mol. The molecule has 4 aliphatic rings. The van der Waals surface area contributed by atoms with E-state index in [2.05, 4.69) is 22.6 Å². The number of hydrogen-bond donors (Lipinski definition) is 2. The number of amides is 3. The summed E-state index contributed by atoms with van der Waals surface area (Å²) in [7, 11) is 3.48. The van der Waals surface area contributed by atoms with Gasteiger partial charge < -0.3 is 29.5 Å². The molecule has 0 radical (unpaired) electrons. The third-order valence-electron chi connectivity index (χ3n) is 10.7. The molecule has 14 heteroatoms. The first-order valence-electron chi connectivity index (χ1n) is 17.0. The zero-order chi connectivity index (χ0) is 34.9. The minimum Gasteiger partial charge on any atom is -0.438 e. The normalized spacial score (nSPS) is 21.1. The van der Waals surface area contributed by atoms with Gasteiger partial charge in [-0.2, -0.15) is 13.2 Å². The molecule has 1 atom stereocenters. The molecule has 266 valence electrons. The molecule has 0 aliphatic carbocycles. The summed E-state index contributed by atoms with van der Waals surface area (Å²) < 4.78 is 53.7. The molecule has 10 nitrogen and oxygen atoms in total. The van der Waals surface area contributed by atoms with Gasteiger partial charge in [0, 0.05) is 58.1 Å². The van der Waals surface area contributed by atoms with Crippen LogP contribution in [0, 0.1) is 11.8 Å². The average molecular weight is 706 g/mol. The number of hydrogen-bond acceptors (Lipinski definition) is 7. The first-order valence-corrected chi connectivity index (χ1v) is 17.3. The summed E-state index contributed by atoms with van der Waals surface area (Å²) in [5.74, 6) is 0.660. The number of anilines is 2. The Balaban J connectivity index is 1.18. The molecule has 2 aromatic rings. The SMILES string of the molecule is CNc1c(Cl)cc(C[C@@H](OC(=O)N2CCC3(CC2)OC(=O)Nc2ccccc23)C(=O)N2CCC(C3CCN(C)CC3)CC2)cc1C(F)(F)F. The number of alkyl halides is 3. The van der Waals surface area contributed by atoms with E-state index in [9.17, 15) is 27.6 Å². The first-order chi connectivity index (χ1) is 23.4. The van der Waals surface area contributed by atoms with E-state index in [-0.39, 0.29) is 35.8 Å². The van der Waals surface area contributed by atoms with Crippen molar-refractivity contribution in [3.63, 3.8) is 0 Å². The standard InChI is InChI=1S/C35H43ClF3N5O5/c1-40-30-26(35(37,38)39)19-22(20-27(30)36)21-29(31(45)43-15-9-24(10-16-43)23-7-13-42(2)14-8-23)48-33(47)44-17-11-34(12-18-44)25-5-3-4-6-28(25)41-32(46)49-34/h3-6,19-20,23-24,29,40H,7-18,21H2,1-2H3,(H,41,46)/t29-/m1/s1. The molecule has 4 heterocycles. The van der Waals surface area contributed by atoms with E-state index in [4.69, 9.17) is 21.1 Å². The predicted molar refractivity (Wildman–Crippen MR) is 179 cm³/mol. The van der Waals surface area contributed by atoms with E-state index >= 15 is 0 Å². The molecule has 4 aliphatic heterocycles. The van der Waals surface area contributed by atoms with Crippen molar-refractivity contribution in [3.8, 4) is 0 Å². The van der Waals surface area contributed by atoms with Gasteiger partial charge in [0.1, 0.15) is 5.60 Å². The van der Waals surface area contributed by atoms with Crippen LogP contribution in [0.3, 0.4) is 0 Å². The van der Waals surface area contributed by atoms with Crippen LogP contribution in [-0.2, 0) is 32.5 Å². The molecule has 0 unspecified atom stereocenters. The smallest absolute Gasteiger partial charge is 0.418 e. The molecular formula is C35H43ClF3N5O5. The van der Waals surface area contributed by atoms with E-state index in [0.717, 1.165) is 50.4 Å². The number of carbonyl (C=O) groups is 3. The van der Waals surface area contributed by atoms with Gasteiger partial charge in [-0.15, -0.1) is 0 Å². The minimum absolute atomic E-state index is 0.125. The van der Waals surface area contributed by atoms with Crippen LogP contribution in [-0.4, -0.2) is 92.3 Å². The highest BCUT2D eigenvalue weighted by Gasteiger charge is 2.46. The summed E-state index contributed by atoms with van der Waals surface area (Å²) in [5, 5.41) is 5.07. The molecule has 3 amide bonds. The maximum atomic E-state index is 14.0. The van der Waals surface area contributed by atoms with E-state index in [1.54, 1.807) is 11.0 Å². The number of piperidine rings is 3. The molecule has 0 bridgehead atoms. The number of halogens is 4. The van der Waals surface area contributed by atoms with Crippen molar-refractivity contribution in [1.29, 1.82) is 0 Å². The zero-order valence-electron chi connectivity index (χ0n) is 27.8. The molecule has 49 heavy (non-hydrogen) atoms. The van der Waals surface area contributed by atoms with Crippen LogP contribution in [0.2, 0.25) is 5.02 Å². The van der Waals surface area contributed by atoms with Crippen molar-refractivity contribution in [1.82, 2.24) is 14.7 Å². The van der Waals surface area contributed by atoms with Crippen LogP contribution in [0.15, 0.2) is 36.4 Å². The van der Waals surface area contributed by atoms with E-state index in [1.807, 2.05) is 18.2 Å². The lowest BCUT2D eigenvalue weighted by Gasteiger charge is -2.44. The Kier molecular flexibility index (Phi) is 10.2. The van der Waals surface area contributed by atoms with Crippen LogP contribution < -0.4 is 10.6 Å². The number of carbonyl (C=O) groups excluding carboxylic acids is 3. The molecule has 1 spiro atoms. The lowest BCUT2D eigenvalue weighted by Crippen LogP contribution is -2.52. The number of para-hydroxylation sites is 1. The Morgan fingerprint density at radius 2 is 1.65 bits per heavy atom. The Labute approximate surface area is 289 Å². The highest BCUT2D eigenvalue weighted by atomic mass is 35.5. The van der Waals surface area contributed by atoms with Gasteiger partial charge in [0.25, 0.3) is 5.91 Å². The van der Waals surface area contributed by atoms with Crippen molar-refractivity contribution in [2.75, 3.05) is 64.0 Å². The van der Waals surface area contributed by atoms with Crippen LogP contribution in [0.5, 0.6) is 0 Å². The van der Waals surface area contributed by atoms with Crippen LogP contribution in [0.1, 0.15) is 55.2 Å². The summed E-state index contributed by atoms with van der Waals surface area (Å²) in [5.41, 5.74) is -0.547. The number of benzene rings is 2. The summed E-state index contributed by atoms with van der Waals surface area (Å²) in [4.78, 5) is 45.5. The molecule has 2 N–H and O–H groups in total. The second kappa shape index (κ2) is 14.3. The fraction of sp³-hybridized carbons (Fsp3) is 0.571. The molecule has 3 saturated heterocycles. The van der Waals surface area contributed by atoms with Crippen molar-refractivity contribution in [2.24, 2.45) is 11.8 Å². The van der Waals surface area contributed by atoms with E-state index in [1.165, 1.54) is 18.0 Å². The molecule has 0 aromatic heterocycles. The summed E-state index contributed by atoms with van der Waals surface area (Å²) in [6.45, 7) is 3.46. The lowest BCUT2D eigenvalue weighted by atomic mass is 9.79. The Hall–Kier alpha value is -3.71. The zero-order valence-corrected chi connectivity index (χ0v) is 28.5. The number of fused-ring (bicyclic) bond motifs is 2. The predicted octanol–water partition coefficient (Wildman–Crippen LogP) is 6.58. The number of nitrogens with zero attached hydrogens (tertiary/aromatic N) is 3. The Morgan fingerprint density at radius 3 is 2.29 bits per heavy atom. The number of nitrogens with one attached hydrogen (secondary N) is 2. The van der Waals surface area contributed by atoms with Gasteiger partial charge in [-0.25, -0.2) is 9.59 Å². The van der Waals surface area contributed by atoms with Crippen molar-refractivity contribution >= 4 is 41.1 Å². The van der Waals surface area contributed by atoms with Crippen LogP contribution >= 0.6 is 11.6 Å². The Morgan fingerprint density at radius 1 is 1.02 bits per heavy atom. The van der Waals surface area contributed by atoms with Gasteiger partial charge in [0.15, 0.2) is 6.10 Å². The summed E-state index contributed by atoms with van der Waals surface area (Å²) in [6.07, 6.45) is -3.15. The topological polar surface area (TPSA) is 103 Å². The molecule has 0 saturated carbocycles. The lowest BCUT2D eigenvalue weighted by molar-refractivity contribution is -0.143. The fourth-order valence-electron chi connectivity index (χ4n) is 7.92. The van der Waals surface area contributed by atoms with Gasteiger partial charge in [-0.3, -0.25) is 10.1 Å². The first kappa shape index (κ1) is 35.1. The third-order valence-corrected chi connectivity index (χ3v) is 11.0. The minimum atomic E-state index is -4.70. The fourth-order valence-corrected chi connectivity index (χ4v) is 8.26. The largest absolute Gasteiger partial charge is 0.438 e. The maximum Gasteiger partial charge on any atom is 0.418 e. The van der Waals surface area contributed by atoms with Gasteiger partial charge in [-0.05, 0) is 81.4 Å². The third kappa shape index (κ3) is 7.57. The summed E-state index contributed by atoms with van der Waals surface area (Å²) in [6, 6.07) is 9.67. The van der Waals surface area contributed by atoms with Gasteiger partial charge >= 0.3 is 18.4 Å². The quantitative estimate of drug-likeness (QED) is 0.350. The number of rotatable bonds is 6. The van der Waals surface area contributed by atoms with Crippen molar-refractivity contribution in [3.05, 3.63) is 58.1 Å². The number of likely N-dealkylation sites (tertiary alicyclic amines) is 3. The second-order valence-corrected chi connectivity index (χ2v) is 14.1. The second-order valence-electron chi connectivity index (χ2n) is 13.7. The van der Waals surface area contributed by atoms with Gasteiger partial charge in [0.05, 0.1) is 22.0 Å².